The Morgan fingerprint density at radius 3 is 2.58 bits per heavy atom. The summed E-state index contributed by atoms with van der Waals surface area (Å²) in [6, 6.07) is 5.45. The van der Waals surface area contributed by atoms with Crippen molar-refractivity contribution in [3.05, 3.63) is 47.0 Å². The molecule has 0 saturated heterocycles. The molecule has 2 atom stereocenters. The molecule has 4 heteroatoms. The summed E-state index contributed by atoms with van der Waals surface area (Å²) < 4.78 is 0. The average Bonchev–Trinajstić information content (AvgIpc) is 2.77. The lowest BCUT2D eigenvalue weighted by molar-refractivity contribution is -0.140. The fourth-order valence-corrected chi connectivity index (χ4v) is 2.30. The highest BCUT2D eigenvalue weighted by Gasteiger charge is 2.25. The van der Waals surface area contributed by atoms with E-state index < -0.39 is 11.9 Å². The van der Waals surface area contributed by atoms with Crippen LogP contribution in [0.5, 0.6) is 0 Å². The largest absolute Gasteiger partial charge is 0.481 e. The Kier molecular flexibility index (Phi) is 3.69. The number of nitrogens with one attached hydrogen (secondary N) is 1. The van der Waals surface area contributed by atoms with E-state index in [-0.39, 0.29) is 11.9 Å². The lowest BCUT2D eigenvalue weighted by atomic mass is 10.0. The van der Waals surface area contributed by atoms with Crippen molar-refractivity contribution in [1.29, 1.82) is 0 Å². The average molecular weight is 259 g/mol. The molecule has 2 unspecified atom stereocenters. The highest BCUT2D eigenvalue weighted by atomic mass is 16.4. The van der Waals surface area contributed by atoms with Gasteiger partial charge in [0.15, 0.2) is 0 Å². The molecule has 19 heavy (non-hydrogen) atoms. The lowest BCUT2D eigenvalue weighted by Crippen LogP contribution is -2.33. The van der Waals surface area contributed by atoms with E-state index >= 15 is 0 Å². The highest BCUT2D eigenvalue weighted by molar-refractivity contribution is 5.96. The maximum atomic E-state index is 12.1. The number of rotatable bonds is 3. The Morgan fingerprint density at radius 1 is 1.26 bits per heavy atom. The van der Waals surface area contributed by atoms with E-state index in [1.165, 1.54) is 0 Å². The minimum absolute atomic E-state index is 0.154. The molecule has 0 aliphatic heterocycles. The van der Waals surface area contributed by atoms with Gasteiger partial charge in [0, 0.05) is 11.6 Å². The predicted octanol–water partition coefficient (Wildman–Crippen LogP) is 2.06. The zero-order valence-electron chi connectivity index (χ0n) is 11.0. The first-order valence-corrected chi connectivity index (χ1v) is 6.26. The number of hydrogen-bond donors (Lipinski definition) is 2. The molecule has 1 aromatic rings. The van der Waals surface area contributed by atoms with Crippen LogP contribution >= 0.6 is 0 Å². The van der Waals surface area contributed by atoms with Gasteiger partial charge in [0.1, 0.15) is 0 Å². The minimum Gasteiger partial charge on any atom is -0.481 e. The van der Waals surface area contributed by atoms with E-state index in [9.17, 15) is 9.59 Å². The van der Waals surface area contributed by atoms with Crippen molar-refractivity contribution in [1.82, 2.24) is 5.32 Å². The zero-order chi connectivity index (χ0) is 14.0. The Bertz CT molecular complexity index is 548. The summed E-state index contributed by atoms with van der Waals surface area (Å²) in [5.41, 5.74) is 2.67. The number of carboxylic acids is 1. The van der Waals surface area contributed by atoms with Crippen LogP contribution in [0, 0.1) is 19.8 Å². The second kappa shape index (κ2) is 5.26. The molecule has 0 spiro atoms. The normalized spacial score (nSPS) is 21.4. The zero-order valence-corrected chi connectivity index (χ0v) is 11.0. The third-order valence-electron chi connectivity index (χ3n) is 3.34. The molecule has 0 saturated carbocycles. The van der Waals surface area contributed by atoms with Crippen molar-refractivity contribution in [3.63, 3.8) is 0 Å². The van der Waals surface area contributed by atoms with Crippen molar-refractivity contribution < 1.29 is 14.7 Å². The van der Waals surface area contributed by atoms with Crippen LogP contribution in [0.1, 0.15) is 27.9 Å². The summed E-state index contributed by atoms with van der Waals surface area (Å²) in [6.45, 7) is 3.87. The molecule has 0 fully saturated rings. The molecule has 4 nitrogen and oxygen atoms in total. The summed E-state index contributed by atoms with van der Waals surface area (Å²) in [6.07, 6.45) is 3.81. The summed E-state index contributed by atoms with van der Waals surface area (Å²) in [5.74, 6) is -1.50. The van der Waals surface area contributed by atoms with Crippen molar-refractivity contribution in [3.8, 4) is 0 Å². The van der Waals surface area contributed by atoms with Gasteiger partial charge in [-0.05, 0) is 31.9 Å². The van der Waals surface area contributed by atoms with Gasteiger partial charge in [-0.15, -0.1) is 0 Å². The number of carbonyl (C=O) groups excluding carboxylic acids is 1. The van der Waals surface area contributed by atoms with Crippen molar-refractivity contribution in [2.75, 3.05) is 0 Å². The Balaban J connectivity index is 2.03. The van der Waals surface area contributed by atoms with E-state index in [1.54, 1.807) is 18.2 Å². The van der Waals surface area contributed by atoms with E-state index in [0.717, 1.165) is 11.1 Å². The molecule has 1 amide bonds. The van der Waals surface area contributed by atoms with Crippen molar-refractivity contribution in [2.45, 2.75) is 26.3 Å². The summed E-state index contributed by atoms with van der Waals surface area (Å²) >= 11 is 0. The quantitative estimate of drug-likeness (QED) is 0.816. The van der Waals surface area contributed by atoms with Crippen molar-refractivity contribution in [2.24, 2.45) is 5.92 Å². The Labute approximate surface area is 112 Å². The number of benzene rings is 1. The predicted molar refractivity (Wildman–Crippen MR) is 72.1 cm³/mol. The van der Waals surface area contributed by atoms with Gasteiger partial charge in [-0.3, -0.25) is 9.59 Å². The van der Waals surface area contributed by atoms with Gasteiger partial charge in [0.2, 0.25) is 0 Å². The minimum atomic E-state index is -0.848. The fraction of sp³-hybridized carbons (Fsp3) is 0.333. The number of carbonyl (C=O) groups is 2. The van der Waals surface area contributed by atoms with Crippen LogP contribution in [-0.4, -0.2) is 23.0 Å². The summed E-state index contributed by atoms with van der Waals surface area (Å²) in [5, 5.41) is 11.7. The second-order valence-electron chi connectivity index (χ2n) is 4.96. The molecule has 2 N–H and O–H groups in total. The first-order chi connectivity index (χ1) is 8.97. The van der Waals surface area contributed by atoms with Gasteiger partial charge in [0.25, 0.3) is 5.91 Å². The standard InChI is InChI=1S/C15H17NO3/c1-9-3-6-13(10(2)7-9)14(17)16-12-5-4-11(8-12)15(18)19/h3-7,11-12H,8H2,1-2H3,(H,16,17)(H,18,19). The van der Waals surface area contributed by atoms with Gasteiger partial charge in [0.05, 0.1) is 5.92 Å². The van der Waals surface area contributed by atoms with Gasteiger partial charge in [-0.2, -0.15) is 0 Å². The number of amides is 1. The molecular formula is C15H17NO3. The van der Waals surface area contributed by atoms with Gasteiger partial charge >= 0.3 is 5.97 Å². The molecule has 2 rings (SSSR count). The molecule has 1 aromatic carbocycles. The molecule has 100 valence electrons. The molecule has 0 bridgehead atoms. The van der Waals surface area contributed by atoms with Crippen LogP contribution in [0.4, 0.5) is 0 Å². The molecule has 0 heterocycles. The number of aliphatic carboxylic acids is 1. The SMILES string of the molecule is Cc1ccc(C(=O)NC2C=CC(C(=O)O)C2)c(C)c1. The van der Waals surface area contributed by atoms with Gasteiger partial charge in [-0.1, -0.05) is 29.8 Å². The van der Waals surface area contributed by atoms with E-state index in [4.69, 9.17) is 5.11 Å². The van der Waals surface area contributed by atoms with E-state index in [1.807, 2.05) is 26.0 Å². The third-order valence-corrected chi connectivity index (χ3v) is 3.34. The highest BCUT2D eigenvalue weighted by Crippen LogP contribution is 2.19. The van der Waals surface area contributed by atoms with Gasteiger partial charge in [-0.25, -0.2) is 0 Å². The Morgan fingerprint density at radius 2 is 2.00 bits per heavy atom. The Hall–Kier alpha value is -2.10. The van der Waals surface area contributed by atoms with Crippen LogP contribution in [0.25, 0.3) is 0 Å². The molecule has 0 aromatic heterocycles. The topological polar surface area (TPSA) is 66.4 Å². The van der Waals surface area contributed by atoms with Crippen LogP contribution in [-0.2, 0) is 4.79 Å². The first kappa shape index (κ1) is 13.3. The summed E-state index contributed by atoms with van der Waals surface area (Å²) in [7, 11) is 0. The third kappa shape index (κ3) is 3.02. The molecule has 0 radical (unpaired) electrons. The molecular weight excluding hydrogens is 242 g/mol. The number of aryl methyl sites for hydroxylation is 2. The second-order valence-corrected chi connectivity index (χ2v) is 4.96. The number of hydrogen-bond acceptors (Lipinski definition) is 2. The van der Waals surface area contributed by atoms with Crippen LogP contribution < -0.4 is 5.32 Å². The molecule has 1 aliphatic rings. The fourth-order valence-electron chi connectivity index (χ4n) is 2.30. The smallest absolute Gasteiger partial charge is 0.310 e. The maximum Gasteiger partial charge on any atom is 0.310 e. The maximum absolute atomic E-state index is 12.1. The lowest BCUT2D eigenvalue weighted by Gasteiger charge is -2.13. The van der Waals surface area contributed by atoms with Crippen LogP contribution in [0.15, 0.2) is 30.4 Å². The number of carboxylic acid groups (broad SMARTS) is 1. The first-order valence-electron chi connectivity index (χ1n) is 6.26. The van der Waals surface area contributed by atoms with Gasteiger partial charge < -0.3 is 10.4 Å². The summed E-state index contributed by atoms with van der Waals surface area (Å²) in [4.78, 5) is 22.9. The molecule has 1 aliphatic carbocycles. The monoisotopic (exact) mass is 259 g/mol. The van der Waals surface area contributed by atoms with E-state index in [0.29, 0.717) is 12.0 Å². The van der Waals surface area contributed by atoms with Crippen LogP contribution in [0.3, 0.4) is 0 Å². The van der Waals surface area contributed by atoms with Crippen LogP contribution in [0.2, 0.25) is 0 Å². The van der Waals surface area contributed by atoms with Crippen molar-refractivity contribution >= 4 is 11.9 Å². The van der Waals surface area contributed by atoms with E-state index in [2.05, 4.69) is 5.32 Å².